The first-order chi connectivity index (χ1) is 9.36. The third kappa shape index (κ3) is 4.08. The maximum absolute atomic E-state index is 12.1. The summed E-state index contributed by atoms with van der Waals surface area (Å²) < 4.78 is 0. The van der Waals surface area contributed by atoms with Gasteiger partial charge in [-0.1, -0.05) is 11.8 Å². The summed E-state index contributed by atoms with van der Waals surface area (Å²) in [6.45, 7) is 3.28. The van der Waals surface area contributed by atoms with Crippen LogP contribution in [0, 0.1) is 18.8 Å². The van der Waals surface area contributed by atoms with Crippen molar-refractivity contribution in [2.75, 3.05) is 20.7 Å². The van der Waals surface area contributed by atoms with Crippen LogP contribution in [0.4, 0.5) is 0 Å². The molecule has 6 heteroatoms. The smallest absolute Gasteiger partial charge is 0.262 e. The molecule has 1 atom stereocenters. The van der Waals surface area contributed by atoms with Gasteiger partial charge in [-0.2, -0.15) is 0 Å². The molecule has 2 amide bonds. The Hall–Kier alpha value is -1.84. The van der Waals surface area contributed by atoms with Gasteiger partial charge in [0, 0.05) is 14.1 Å². The fourth-order valence-electron chi connectivity index (χ4n) is 1.55. The number of rotatable bonds is 3. The van der Waals surface area contributed by atoms with E-state index in [1.54, 1.807) is 27.1 Å². The van der Waals surface area contributed by atoms with Crippen molar-refractivity contribution < 1.29 is 14.7 Å². The van der Waals surface area contributed by atoms with Crippen LogP contribution < -0.4 is 5.32 Å². The highest BCUT2D eigenvalue weighted by Crippen LogP contribution is 2.20. The first-order valence-electron chi connectivity index (χ1n) is 6.09. The molecule has 0 fully saturated rings. The molecule has 0 radical (unpaired) electrons. The van der Waals surface area contributed by atoms with Gasteiger partial charge < -0.3 is 15.3 Å². The summed E-state index contributed by atoms with van der Waals surface area (Å²) in [6, 6.07) is 1.15. The van der Waals surface area contributed by atoms with E-state index in [1.165, 1.54) is 16.2 Å². The maximum atomic E-state index is 12.1. The minimum absolute atomic E-state index is 0.160. The summed E-state index contributed by atoms with van der Waals surface area (Å²) >= 11 is 1.25. The summed E-state index contributed by atoms with van der Waals surface area (Å²) in [4.78, 5) is 26.4. The minimum atomic E-state index is -0.577. The van der Waals surface area contributed by atoms with E-state index in [1.807, 2.05) is 6.92 Å². The van der Waals surface area contributed by atoms with Crippen molar-refractivity contribution in [3.8, 4) is 11.8 Å². The Kier molecular flexibility index (Phi) is 5.74. The molecule has 0 aliphatic carbocycles. The molecule has 0 aliphatic heterocycles. The van der Waals surface area contributed by atoms with E-state index in [0.717, 1.165) is 10.4 Å². The zero-order valence-corrected chi connectivity index (χ0v) is 12.8. The topological polar surface area (TPSA) is 69.6 Å². The van der Waals surface area contributed by atoms with Gasteiger partial charge in [-0.3, -0.25) is 9.59 Å². The molecule has 0 saturated carbocycles. The van der Waals surface area contributed by atoms with Crippen LogP contribution in [-0.4, -0.2) is 48.6 Å². The Morgan fingerprint density at radius 1 is 1.50 bits per heavy atom. The second-order valence-electron chi connectivity index (χ2n) is 4.51. The van der Waals surface area contributed by atoms with E-state index in [2.05, 4.69) is 17.2 Å². The van der Waals surface area contributed by atoms with Crippen molar-refractivity contribution in [3.63, 3.8) is 0 Å². The van der Waals surface area contributed by atoms with Crippen LogP contribution in [0.1, 0.15) is 27.0 Å². The third-order valence-corrected chi connectivity index (χ3v) is 3.73. The van der Waals surface area contributed by atoms with E-state index in [4.69, 9.17) is 5.11 Å². The summed E-state index contributed by atoms with van der Waals surface area (Å²) in [5.74, 6) is 4.90. The number of nitrogens with one attached hydrogen (secondary N) is 1. The number of hydrogen-bond acceptors (Lipinski definition) is 4. The predicted molar refractivity (Wildman–Crippen MR) is 78.6 cm³/mol. The van der Waals surface area contributed by atoms with Gasteiger partial charge >= 0.3 is 0 Å². The van der Waals surface area contributed by atoms with Gasteiger partial charge in [-0.15, -0.1) is 11.3 Å². The normalized spacial score (nSPS) is 11.2. The Labute approximate surface area is 122 Å². The minimum Gasteiger partial charge on any atom is -0.384 e. The molecular formula is C14H18N2O3S. The fraction of sp³-hybridized carbons (Fsp3) is 0.429. The molecule has 0 spiro atoms. The van der Waals surface area contributed by atoms with E-state index in [-0.39, 0.29) is 18.4 Å². The predicted octanol–water partition coefficient (Wildman–Crippen LogP) is 0.607. The monoisotopic (exact) mass is 294 g/mol. The SMILES string of the molecule is Cc1cc(C(=O)NC(C)C(=O)N(C)C)sc1C#CCO. The van der Waals surface area contributed by atoms with Crippen LogP contribution in [0.15, 0.2) is 6.07 Å². The van der Waals surface area contributed by atoms with Crippen molar-refractivity contribution in [1.82, 2.24) is 10.2 Å². The van der Waals surface area contributed by atoms with Gasteiger partial charge in [0.15, 0.2) is 0 Å². The lowest BCUT2D eigenvalue weighted by molar-refractivity contribution is -0.130. The largest absolute Gasteiger partial charge is 0.384 e. The number of aliphatic hydroxyl groups is 1. The molecule has 0 bridgehead atoms. The van der Waals surface area contributed by atoms with E-state index < -0.39 is 6.04 Å². The van der Waals surface area contributed by atoms with E-state index >= 15 is 0 Å². The molecule has 1 aromatic rings. The molecule has 108 valence electrons. The van der Waals surface area contributed by atoms with Gasteiger partial charge in [-0.05, 0) is 25.5 Å². The zero-order valence-electron chi connectivity index (χ0n) is 12.0. The summed E-state index contributed by atoms with van der Waals surface area (Å²) in [5, 5.41) is 11.3. The van der Waals surface area contributed by atoms with Gasteiger partial charge in [0.05, 0.1) is 9.75 Å². The number of nitrogens with zero attached hydrogens (tertiary/aromatic N) is 1. The Balaban J connectivity index is 2.81. The van der Waals surface area contributed by atoms with E-state index in [0.29, 0.717) is 4.88 Å². The summed E-state index contributed by atoms with van der Waals surface area (Å²) in [6.07, 6.45) is 0. The number of amides is 2. The first kappa shape index (κ1) is 16.2. The molecule has 5 nitrogen and oxygen atoms in total. The van der Waals surface area contributed by atoms with Gasteiger partial charge in [0.25, 0.3) is 5.91 Å². The first-order valence-corrected chi connectivity index (χ1v) is 6.90. The van der Waals surface area contributed by atoms with Crippen molar-refractivity contribution >= 4 is 23.2 Å². The molecule has 1 aromatic heterocycles. The highest BCUT2D eigenvalue weighted by atomic mass is 32.1. The number of hydrogen-bond donors (Lipinski definition) is 2. The quantitative estimate of drug-likeness (QED) is 0.802. The Morgan fingerprint density at radius 2 is 2.15 bits per heavy atom. The van der Waals surface area contributed by atoms with Crippen molar-refractivity contribution in [3.05, 3.63) is 21.4 Å². The maximum Gasteiger partial charge on any atom is 0.262 e. The highest BCUT2D eigenvalue weighted by molar-refractivity contribution is 7.14. The van der Waals surface area contributed by atoms with Crippen molar-refractivity contribution in [2.45, 2.75) is 19.9 Å². The number of likely N-dealkylation sites (N-methyl/N-ethyl adjacent to an activating group) is 1. The van der Waals surface area contributed by atoms with Crippen molar-refractivity contribution in [2.24, 2.45) is 0 Å². The second kappa shape index (κ2) is 7.08. The Morgan fingerprint density at radius 3 is 2.70 bits per heavy atom. The molecule has 2 N–H and O–H groups in total. The standard InChI is InChI=1S/C14H18N2O3S/c1-9-8-12(20-11(9)6-5-7-17)13(18)15-10(2)14(19)16(3)4/h8,10,17H,7H2,1-4H3,(H,15,18). The van der Waals surface area contributed by atoms with Crippen LogP contribution in [0.25, 0.3) is 0 Å². The average Bonchev–Trinajstić information content (AvgIpc) is 2.76. The zero-order chi connectivity index (χ0) is 15.3. The third-order valence-electron chi connectivity index (χ3n) is 2.58. The van der Waals surface area contributed by atoms with Gasteiger partial charge in [0.2, 0.25) is 5.91 Å². The molecule has 1 unspecified atom stereocenters. The number of thiophene rings is 1. The van der Waals surface area contributed by atoms with Crippen LogP contribution in [-0.2, 0) is 4.79 Å². The lowest BCUT2D eigenvalue weighted by Gasteiger charge is -2.17. The fourth-order valence-corrected chi connectivity index (χ4v) is 2.51. The van der Waals surface area contributed by atoms with Gasteiger partial charge in [0.1, 0.15) is 12.6 Å². The number of aliphatic hydroxyl groups excluding tert-OH is 1. The van der Waals surface area contributed by atoms with E-state index in [9.17, 15) is 9.59 Å². The summed E-state index contributed by atoms with van der Waals surface area (Å²) in [5.41, 5.74) is 0.882. The molecule has 1 rings (SSSR count). The second-order valence-corrected chi connectivity index (χ2v) is 5.56. The lowest BCUT2D eigenvalue weighted by atomic mass is 10.2. The van der Waals surface area contributed by atoms with Crippen LogP contribution >= 0.6 is 11.3 Å². The van der Waals surface area contributed by atoms with Crippen LogP contribution in [0.3, 0.4) is 0 Å². The van der Waals surface area contributed by atoms with Crippen LogP contribution in [0.2, 0.25) is 0 Å². The van der Waals surface area contributed by atoms with Crippen molar-refractivity contribution in [1.29, 1.82) is 0 Å². The molecule has 20 heavy (non-hydrogen) atoms. The molecular weight excluding hydrogens is 276 g/mol. The average molecular weight is 294 g/mol. The van der Waals surface area contributed by atoms with Gasteiger partial charge in [-0.25, -0.2) is 0 Å². The highest BCUT2D eigenvalue weighted by Gasteiger charge is 2.19. The number of carbonyl (C=O) groups excluding carboxylic acids is 2. The molecule has 0 aromatic carbocycles. The molecule has 0 aliphatic rings. The number of carbonyl (C=O) groups is 2. The van der Waals surface area contributed by atoms with Crippen LogP contribution in [0.5, 0.6) is 0 Å². The molecule has 0 saturated heterocycles. The Bertz CT molecular complexity index is 567. The summed E-state index contributed by atoms with van der Waals surface area (Å²) in [7, 11) is 3.28. The molecule has 1 heterocycles. The lowest BCUT2D eigenvalue weighted by Crippen LogP contribution is -2.44. The number of aryl methyl sites for hydroxylation is 1.